The fraction of sp³-hybridized carbons (Fsp3) is 0.238. The van der Waals surface area contributed by atoms with Gasteiger partial charge in [-0.25, -0.2) is 9.80 Å². The van der Waals surface area contributed by atoms with Gasteiger partial charge in [0.15, 0.2) is 16.7 Å². The molecule has 2 aromatic rings. The van der Waals surface area contributed by atoms with Crippen LogP contribution in [0.2, 0.25) is 5.02 Å². The Kier molecular flexibility index (Phi) is 7.19. The largest absolute Gasteiger partial charge is 0.490 e. The van der Waals surface area contributed by atoms with Crippen LogP contribution in [0.1, 0.15) is 42.1 Å². The van der Waals surface area contributed by atoms with Crippen molar-refractivity contribution in [1.82, 2.24) is 10.3 Å². The SMILES string of the molecule is CCOc1cc([C@@H]2SC(NC(C)=O)=NN2C(C)=O)ccc1OC(=O)c1ccc(Cl)cc1. The molecule has 10 heteroatoms. The van der Waals surface area contributed by atoms with Gasteiger partial charge >= 0.3 is 5.97 Å². The Morgan fingerprint density at radius 3 is 2.45 bits per heavy atom. The van der Waals surface area contributed by atoms with Crippen LogP contribution in [0.15, 0.2) is 47.6 Å². The van der Waals surface area contributed by atoms with Crippen LogP contribution in [-0.2, 0) is 9.59 Å². The monoisotopic (exact) mass is 461 g/mol. The summed E-state index contributed by atoms with van der Waals surface area (Å²) in [5.74, 6) is -0.531. The number of hydrogen-bond acceptors (Lipinski definition) is 7. The molecular weight excluding hydrogens is 442 g/mol. The van der Waals surface area contributed by atoms with E-state index in [0.717, 1.165) is 0 Å². The molecule has 0 bridgehead atoms. The standard InChI is InChI=1S/C21H20ClN3O5S/c1-4-29-18-11-15(19-25(13(3)27)24-21(31-19)23-12(2)26)7-10-17(18)30-20(28)14-5-8-16(22)9-6-14/h5-11,19H,4H2,1-3H3,(H,23,24,26)/t19-/m0/s1. The van der Waals surface area contributed by atoms with Crippen LogP contribution in [0.25, 0.3) is 0 Å². The van der Waals surface area contributed by atoms with Gasteiger partial charge in [-0.05, 0) is 48.9 Å². The third kappa shape index (κ3) is 5.56. The summed E-state index contributed by atoms with van der Waals surface area (Å²) >= 11 is 7.08. The minimum Gasteiger partial charge on any atom is -0.490 e. The molecule has 0 unspecified atom stereocenters. The van der Waals surface area contributed by atoms with Crippen molar-refractivity contribution in [2.75, 3.05) is 6.61 Å². The number of esters is 1. The zero-order chi connectivity index (χ0) is 22.5. The predicted octanol–water partition coefficient (Wildman–Crippen LogP) is 3.96. The molecule has 31 heavy (non-hydrogen) atoms. The summed E-state index contributed by atoms with van der Waals surface area (Å²) in [6.45, 7) is 4.91. The van der Waals surface area contributed by atoms with Crippen LogP contribution in [0.3, 0.4) is 0 Å². The molecule has 0 saturated heterocycles. The highest BCUT2D eigenvalue weighted by molar-refractivity contribution is 8.14. The zero-order valence-corrected chi connectivity index (χ0v) is 18.6. The van der Waals surface area contributed by atoms with Crippen molar-refractivity contribution >= 4 is 46.3 Å². The first-order valence-electron chi connectivity index (χ1n) is 9.35. The first-order valence-corrected chi connectivity index (χ1v) is 10.6. The number of hydrazone groups is 1. The third-order valence-corrected chi connectivity index (χ3v) is 5.44. The van der Waals surface area contributed by atoms with E-state index < -0.39 is 11.3 Å². The molecule has 0 aliphatic carbocycles. The number of halogens is 1. The number of rotatable bonds is 5. The lowest BCUT2D eigenvalue weighted by molar-refractivity contribution is -0.129. The van der Waals surface area contributed by atoms with Crippen LogP contribution < -0.4 is 14.8 Å². The van der Waals surface area contributed by atoms with Gasteiger partial charge in [-0.15, -0.1) is 5.10 Å². The van der Waals surface area contributed by atoms with Crippen molar-refractivity contribution in [1.29, 1.82) is 0 Å². The quantitative estimate of drug-likeness (QED) is 0.534. The van der Waals surface area contributed by atoms with Crippen molar-refractivity contribution in [3.8, 4) is 11.5 Å². The minimum atomic E-state index is -0.553. The Bertz CT molecular complexity index is 1040. The fourth-order valence-corrected chi connectivity index (χ4v) is 4.01. The number of hydrogen-bond donors (Lipinski definition) is 1. The Hall–Kier alpha value is -3.04. The highest BCUT2D eigenvalue weighted by Crippen LogP contribution is 2.41. The molecule has 0 fully saturated rings. The number of carbonyl (C=O) groups is 3. The van der Waals surface area contributed by atoms with E-state index in [9.17, 15) is 14.4 Å². The molecule has 162 valence electrons. The highest BCUT2D eigenvalue weighted by Gasteiger charge is 2.33. The summed E-state index contributed by atoms with van der Waals surface area (Å²) in [5, 5.41) is 8.38. The van der Waals surface area contributed by atoms with Gasteiger partial charge in [0.25, 0.3) is 0 Å². The average Bonchev–Trinajstić information content (AvgIpc) is 3.13. The molecule has 0 radical (unpaired) electrons. The normalized spacial score (nSPS) is 15.3. The maximum Gasteiger partial charge on any atom is 0.343 e. The maximum atomic E-state index is 12.5. The summed E-state index contributed by atoms with van der Waals surface area (Å²) in [6.07, 6.45) is 0. The van der Waals surface area contributed by atoms with Crippen LogP contribution in [0.5, 0.6) is 11.5 Å². The van der Waals surface area contributed by atoms with Crippen LogP contribution in [0, 0.1) is 0 Å². The van der Waals surface area contributed by atoms with Gasteiger partial charge in [-0.2, -0.15) is 0 Å². The molecule has 3 rings (SSSR count). The summed E-state index contributed by atoms with van der Waals surface area (Å²) in [6, 6.07) is 11.3. The number of benzene rings is 2. The van der Waals surface area contributed by atoms with Crippen molar-refractivity contribution in [2.24, 2.45) is 5.10 Å². The van der Waals surface area contributed by atoms with Gasteiger partial charge in [0, 0.05) is 18.9 Å². The number of carbonyl (C=O) groups excluding carboxylic acids is 3. The van der Waals surface area contributed by atoms with Gasteiger partial charge in [-0.3, -0.25) is 9.59 Å². The molecule has 1 N–H and O–H groups in total. The zero-order valence-electron chi connectivity index (χ0n) is 17.0. The van der Waals surface area contributed by atoms with Crippen LogP contribution >= 0.6 is 23.4 Å². The van der Waals surface area contributed by atoms with E-state index in [4.69, 9.17) is 21.1 Å². The molecule has 1 atom stereocenters. The molecule has 0 aromatic heterocycles. The first-order chi connectivity index (χ1) is 14.8. The van der Waals surface area contributed by atoms with E-state index in [1.54, 1.807) is 42.5 Å². The van der Waals surface area contributed by atoms with Gasteiger partial charge in [-0.1, -0.05) is 29.4 Å². The van der Waals surface area contributed by atoms with Crippen LogP contribution in [0.4, 0.5) is 0 Å². The van der Waals surface area contributed by atoms with Crippen molar-refractivity contribution in [3.05, 3.63) is 58.6 Å². The minimum absolute atomic E-state index is 0.242. The van der Waals surface area contributed by atoms with E-state index >= 15 is 0 Å². The Balaban J connectivity index is 1.86. The summed E-state index contributed by atoms with van der Waals surface area (Å²) < 4.78 is 11.2. The lowest BCUT2D eigenvalue weighted by Gasteiger charge is -2.20. The third-order valence-electron chi connectivity index (χ3n) is 4.08. The Labute approximate surface area is 188 Å². The second-order valence-corrected chi connectivity index (χ2v) is 7.96. The lowest BCUT2D eigenvalue weighted by Crippen LogP contribution is -2.25. The number of nitrogens with zero attached hydrogens (tertiary/aromatic N) is 2. The van der Waals surface area contributed by atoms with Gasteiger partial charge in [0.1, 0.15) is 5.37 Å². The number of amidine groups is 1. The van der Waals surface area contributed by atoms with Gasteiger partial charge in [0.05, 0.1) is 12.2 Å². The molecule has 2 amide bonds. The number of ether oxygens (including phenoxy) is 2. The topological polar surface area (TPSA) is 97.3 Å². The molecule has 8 nitrogen and oxygen atoms in total. The van der Waals surface area contributed by atoms with Gasteiger partial charge < -0.3 is 14.8 Å². The lowest BCUT2D eigenvalue weighted by atomic mass is 10.2. The Morgan fingerprint density at radius 2 is 1.84 bits per heavy atom. The molecule has 1 aliphatic heterocycles. The number of amides is 2. The highest BCUT2D eigenvalue weighted by atomic mass is 35.5. The molecule has 1 aliphatic rings. The maximum absolute atomic E-state index is 12.5. The summed E-state index contributed by atoms with van der Waals surface area (Å²) in [4.78, 5) is 35.9. The smallest absolute Gasteiger partial charge is 0.343 e. The fourth-order valence-electron chi connectivity index (χ4n) is 2.75. The van der Waals surface area contributed by atoms with E-state index in [2.05, 4.69) is 10.4 Å². The molecule has 2 aromatic carbocycles. The van der Waals surface area contributed by atoms with E-state index in [1.807, 2.05) is 6.92 Å². The first kappa shape index (κ1) is 22.6. The number of nitrogens with one attached hydrogen (secondary N) is 1. The number of thioether (sulfide) groups is 1. The summed E-state index contributed by atoms with van der Waals surface area (Å²) in [5.41, 5.74) is 1.04. The van der Waals surface area contributed by atoms with Crippen molar-refractivity contribution in [2.45, 2.75) is 26.1 Å². The Morgan fingerprint density at radius 1 is 1.13 bits per heavy atom. The molecule has 1 heterocycles. The molecule has 0 spiro atoms. The summed E-state index contributed by atoms with van der Waals surface area (Å²) in [7, 11) is 0. The van der Waals surface area contributed by atoms with E-state index in [1.165, 1.54) is 30.6 Å². The second kappa shape index (κ2) is 9.84. The van der Waals surface area contributed by atoms with Crippen molar-refractivity contribution < 1.29 is 23.9 Å². The van der Waals surface area contributed by atoms with E-state index in [-0.39, 0.29) is 17.6 Å². The average molecular weight is 462 g/mol. The second-order valence-electron chi connectivity index (χ2n) is 6.46. The van der Waals surface area contributed by atoms with E-state index in [0.29, 0.717) is 33.7 Å². The molecule has 0 saturated carbocycles. The van der Waals surface area contributed by atoms with Crippen molar-refractivity contribution in [3.63, 3.8) is 0 Å². The predicted molar refractivity (Wildman–Crippen MR) is 118 cm³/mol. The van der Waals surface area contributed by atoms with Crippen LogP contribution in [-0.4, -0.2) is 34.6 Å². The molecular formula is C21H20ClN3O5S. The van der Waals surface area contributed by atoms with Gasteiger partial charge in [0.2, 0.25) is 11.8 Å².